The average molecular weight is 525 g/mol. The molecule has 16 nitrogen and oxygen atoms in total. The number of anilines is 1. The van der Waals surface area contributed by atoms with Crippen molar-refractivity contribution < 1.29 is 47.7 Å². The number of esters is 4. The van der Waals surface area contributed by atoms with E-state index in [4.69, 9.17) is 18.9 Å². The van der Waals surface area contributed by atoms with Crippen molar-refractivity contribution in [3.05, 3.63) is 22.7 Å². The number of carbonyl (C=O) groups is 6. The molecule has 0 aromatic carbocycles. The van der Waals surface area contributed by atoms with E-state index in [0.717, 1.165) is 38.5 Å². The summed E-state index contributed by atoms with van der Waals surface area (Å²) in [4.78, 5) is 85.0. The summed E-state index contributed by atoms with van der Waals surface area (Å²) in [6, 6.07) is 1.30. The monoisotopic (exact) mass is 525 g/mol. The maximum atomic E-state index is 12.2. The molecule has 0 saturated heterocycles. The van der Waals surface area contributed by atoms with Crippen LogP contribution in [0.5, 0.6) is 0 Å². The molecule has 37 heavy (non-hydrogen) atoms. The molecule has 0 fully saturated rings. The van der Waals surface area contributed by atoms with Gasteiger partial charge in [-0.2, -0.15) is 10.1 Å². The van der Waals surface area contributed by atoms with Crippen LogP contribution in [0.1, 0.15) is 34.6 Å². The normalized spacial score (nSPS) is 13.0. The van der Waals surface area contributed by atoms with Gasteiger partial charge in [0, 0.05) is 40.8 Å². The molecule has 3 atom stereocenters. The zero-order chi connectivity index (χ0) is 28.1. The van der Waals surface area contributed by atoms with E-state index >= 15 is 0 Å². The minimum Gasteiger partial charge on any atom is -0.462 e. The summed E-state index contributed by atoms with van der Waals surface area (Å²) in [5.41, 5.74) is 1.27. The molecule has 0 saturated carbocycles. The quantitative estimate of drug-likeness (QED) is 0.141. The van der Waals surface area contributed by atoms with Crippen molar-refractivity contribution >= 4 is 47.7 Å². The van der Waals surface area contributed by atoms with Crippen molar-refractivity contribution in [2.75, 3.05) is 11.9 Å². The maximum absolute atomic E-state index is 12.2. The van der Waals surface area contributed by atoms with Crippen LogP contribution in [-0.2, 0) is 54.3 Å². The number of hydrazone groups is 1. The molecule has 2 N–H and O–H groups in total. The van der Waals surface area contributed by atoms with Gasteiger partial charge in [-0.25, -0.2) is 10.2 Å². The Morgan fingerprint density at radius 2 is 1.59 bits per heavy atom. The molecule has 0 radical (unpaired) electrons. The third kappa shape index (κ3) is 12.1. The smallest absolute Gasteiger partial charge is 0.349 e. The van der Waals surface area contributed by atoms with Gasteiger partial charge in [0.15, 0.2) is 18.3 Å². The van der Waals surface area contributed by atoms with Crippen molar-refractivity contribution in [2.45, 2.75) is 59.5 Å². The Balaban J connectivity index is 3.07. The van der Waals surface area contributed by atoms with Crippen molar-refractivity contribution in [3.8, 4) is 0 Å². The predicted molar refractivity (Wildman–Crippen MR) is 123 cm³/mol. The first-order valence-corrected chi connectivity index (χ1v) is 10.6. The second-order valence-corrected chi connectivity index (χ2v) is 7.32. The Morgan fingerprint density at radius 3 is 2.11 bits per heavy atom. The molecule has 0 aliphatic rings. The average Bonchev–Trinajstić information content (AvgIpc) is 2.75. The lowest BCUT2D eigenvalue weighted by molar-refractivity contribution is -0.183. The molecule has 0 unspecified atom stereocenters. The van der Waals surface area contributed by atoms with Gasteiger partial charge in [-0.05, 0) is 6.07 Å². The molecule has 0 aliphatic heterocycles. The molecular weight excluding hydrogens is 498 g/mol. The van der Waals surface area contributed by atoms with E-state index in [9.17, 15) is 33.6 Å². The maximum Gasteiger partial charge on any atom is 0.349 e. The number of rotatable bonds is 12. The number of ether oxygens (including phenoxy) is 4. The third-order valence-corrected chi connectivity index (χ3v) is 3.97. The van der Waals surface area contributed by atoms with Gasteiger partial charge in [-0.3, -0.25) is 33.3 Å². The first-order chi connectivity index (χ1) is 17.3. The summed E-state index contributed by atoms with van der Waals surface area (Å²) in [7, 11) is 0. The lowest BCUT2D eigenvalue weighted by Gasteiger charge is -2.29. The van der Waals surface area contributed by atoms with Crippen LogP contribution in [0.2, 0.25) is 0 Å². The SMILES string of the molecule is CC(=O)Nc1ccn(CC(=O)N/N=C/[C@H](OC(C)=O)[C@@H](OC(C)=O)[C@@H](COC(C)=O)OC(C)=O)c(=O)n1. The van der Waals surface area contributed by atoms with Gasteiger partial charge in [0.05, 0.1) is 6.21 Å². The van der Waals surface area contributed by atoms with E-state index in [1.54, 1.807) is 0 Å². The van der Waals surface area contributed by atoms with Gasteiger partial charge >= 0.3 is 29.6 Å². The highest BCUT2D eigenvalue weighted by molar-refractivity contribution is 5.87. The molecule has 2 amide bonds. The standard InChI is InChI=1S/C21H27N5O11/c1-11(27)23-18-6-7-26(21(33)24-18)9-19(32)25-22-8-16(35-13(3)29)20(37-15(5)31)17(36-14(4)30)10-34-12(2)28/h6-8,16-17,20H,9-10H2,1-5H3,(H,25,32)(H,23,24,27,33)/b22-8+/t16-,17+,20+/m0/s1. The second-order valence-electron chi connectivity index (χ2n) is 7.32. The number of hydrogen-bond acceptors (Lipinski definition) is 13. The number of aromatic nitrogens is 2. The van der Waals surface area contributed by atoms with Crippen LogP contribution in [-0.4, -0.2) is 76.4 Å². The Bertz CT molecular complexity index is 1110. The van der Waals surface area contributed by atoms with E-state index in [0.29, 0.717) is 0 Å². The van der Waals surface area contributed by atoms with E-state index in [2.05, 4.69) is 20.8 Å². The van der Waals surface area contributed by atoms with Crippen molar-refractivity contribution in [3.63, 3.8) is 0 Å². The van der Waals surface area contributed by atoms with Gasteiger partial charge in [-0.1, -0.05) is 0 Å². The number of nitrogens with zero attached hydrogens (tertiary/aromatic N) is 3. The molecule has 1 aromatic rings. The number of amides is 2. The van der Waals surface area contributed by atoms with Gasteiger partial charge in [0.25, 0.3) is 5.91 Å². The Kier molecular flexibility index (Phi) is 12.1. The number of nitrogens with one attached hydrogen (secondary N) is 2. The van der Waals surface area contributed by atoms with Crippen molar-refractivity contribution in [1.29, 1.82) is 0 Å². The molecule has 0 aliphatic carbocycles. The molecule has 1 heterocycles. The molecule has 202 valence electrons. The van der Waals surface area contributed by atoms with E-state index < -0.39 is 72.8 Å². The molecule has 1 aromatic heterocycles. The molecule has 1 rings (SSSR count). The summed E-state index contributed by atoms with van der Waals surface area (Å²) >= 11 is 0. The zero-order valence-corrected chi connectivity index (χ0v) is 20.7. The van der Waals surface area contributed by atoms with Crippen molar-refractivity contribution in [1.82, 2.24) is 15.0 Å². The summed E-state index contributed by atoms with van der Waals surface area (Å²) in [5, 5.41) is 5.98. The molecule has 0 spiro atoms. The number of carbonyl (C=O) groups excluding carboxylic acids is 6. The highest BCUT2D eigenvalue weighted by Crippen LogP contribution is 2.14. The van der Waals surface area contributed by atoms with Crippen LogP contribution in [0.25, 0.3) is 0 Å². The summed E-state index contributed by atoms with van der Waals surface area (Å²) < 4.78 is 21.1. The topological polar surface area (TPSA) is 211 Å². The molecular formula is C21H27N5O11. The lowest BCUT2D eigenvalue weighted by Crippen LogP contribution is -2.48. The van der Waals surface area contributed by atoms with E-state index in [1.165, 1.54) is 19.2 Å². The predicted octanol–water partition coefficient (Wildman–Crippen LogP) is -1.34. The Hall–Kier alpha value is -4.63. The molecule has 16 heteroatoms. The minimum atomic E-state index is -1.52. The zero-order valence-electron chi connectivity index (χ0n) is 20.7. The van der Waals surface area contributed by atoms with Crippen molar-refractivity contribution in [2.24, 2.45) is 5.10 Å². The largest absolute Gasteiger partial charge is 0.462 e. The summed E-state index contributed by atoms with van der Waals surface area (Å²) in [5.74, 6) is -4.46. The number of hydrogen-bond donors (Lipinski definition) is 2. The first kappa shape index (κ1) is 30.4. The van der Waals surface area contributed by atoms with Gasteiger partial charge in [0.2, 0.25) is 5.91 Å². The molecule has 0 bridgehead atoms. The highest BCUT2D eigenvalue weighted by Gasteiger charge is 2.37. The van der Waals surface area contributed by atoms with Gasteiger partial charge in [-0.15, -0.1) is 0 Å². The lowest BCUT2D eigenvalue weighted by atomic mass is 10.1. The highest BCUT2D eigenvalue weighted by atomic mass is 16.6. The van der Waals surface area contributed by atoms with Crippen LogP contribution in [0, 0.1) is 0 Å². The second kappa shape index (κ2) is 14.7. The first-order valence-electron chi connectivity index (χ1n) is 10.6. The summed E-state index contributed by atoms with van der Waals surface area (Å²) in [6.45, 7) is 4.41. The van der Waals surface area contributed by atoms with Crippen LogP contribution < -0.4 is 16.4 Å². The van der Waals surface area contributed by atoms with E-state index in [-0.39, 0.29) is 5.82 Å². The van der Waals surface area contributed by atoms with Crippen LogP contribution in [0.3, 0.4) is 0 Å². The summed E-state index contributed by atoms with van der Waals surface area (Å²) in [6.07, 6.45) is -2.30. The minimum absolute atomic E-state index is 0.00371. The fourth-order valence-corrected chi connectivity index (χ4v) is 2.70. The Morgan fingerprint density at radius 1 is 0.973 bits per heavy atom. The van der Waals surface area contributed by atoms with Crippen LogP contribution >= 0.6 is 0 Å². The van der Waals surface area contributed by atoms with Gasteiger partial charge in [0.1, 0.15) is 19.0 Å². The van der Waals surface area contributed by atoms with E-state index in [1.807, 2.05) is 0 Å². The van der Waals surface area contributed by atoms with Crippen LogP contribution in [0.4, 0.5) is 5.82 Å². The van der Waals surface area contributed by atoms with Gasteiger partial charge < -0.3 is 24.3 Å². The third-order valence-electron chi connectivity index (χ3n) is 3.97. The Labute approximate surface area is 210 Å². The van der Waals surface area contributed by atoms with Crippen LogP contribution in [0.15, 0.2) is 22.2 Å². The fraction of sp³-hybridized carbons (Fsp3) is 0.476. The fourth-order valence-electron chi connectivity index (χ4n) is 2.70.